The van der Waals surface area contributed by atoms with Gasteiger partial charge >= 0.3 is 5.97 Å². The van der Waals surface area contributed by atoms with Crippen LogP contribution in [0.15, 0.2) is 97.1 Å². The van der Waals surface area contributed by atoms with E-state index in [0.717, 1.165) is 29.7 Å². The van der Waals surface area contributed by atoms with E-state index in [9.17, 15) is 18.0 Å². The molecule has 4 aromatic rings. The molecular weight excluding hydrogens is 485 g/mol. The molecule has 0 aliphatic carbocycles. The largest absolute Gasteiger partial charge is 0.423 e. The van der Waals surface area contributed by atoms with Gasteiger partial charge in [0.1, 0.15) is 23.2 Å². The molecule has 0 unspecified atom stereocenters. The molecule has 0 amide bonds. The number of rotatable bonds is 9. The molecule has 194 valence electrons. The van der Waals surface area contributed by atoms with Crippen molar-refractivity contribution in [2.24, 2.45) is 0 Å². The molecule has 0 heterocycles. The maximum absolute atomic E-state index is 14.9. The van der Waals surface area contributed by atoms with Crippen molar-refractivity contribution in [3.05, 3.63) is 137 Å². The normalized spacial score (nSPS) is 12.0. The van der Waals surface area contributed by atoms with Gasteiger partial charge in [0, 0.05) is 17.7 Å². The van der Waals surface area contributed by atoms with Gasteiger partial charge < -0.3 is 4.74 Å². The van der Waals surface area contributed by atoms with Gasteiger partial charge in [0.05, 0.1) is 5.56 Å². The molecule has 0 spiro atoms. The van der Waals surface area contributed by atoms with Gasteiger partial charge in [-0.25, -0.2) is 18.0 Å². The SMILES string of the molecule is C/C=C/CCc1c(F)cc(OC(=O)c2ccc(-c3ccc(C[C@H](C)c4ccccc4)cc3)cc2F)cc1F. The average molecular weight is 515 g/mol. The highest BCUT2D eigenvalue weighted by molar-refractivity contribution is 5.92. The third-order valence-electron chi connectivity index (χ3n) is 6.51. The molecule has 0 aliphatic rings. The number of allylic oxidation sites excluding steroid dienone is 2. The lowest BCUT2D eigenvalue weighted by molar-refractivity contribution is 0.0729. The lowest BCUT2D eigenvalue weighted by Gasteiger charge is -2.13. The molecule has 0 saturated carbocycles. The Morgan fingerprint density at radius 1 is 0.842 bits per heavy atom. The van der Waals surface area contributed by atoms with Crippen LogP contribution in [-0.4, -0.2) is 5.97 Å². The van der Waals surface area contributed by atoms with Gasteiger partial charge in [-0.1, -0.05) is 79.7 Å². The van der Waals surface area contributed by atoms with Crippen molar-refractivity contribution in [2.45, 2.75) is 39.0 Å². The number of carbonyl (C=O) groups is 1. The number of esters is 1. The molecule has 5 heteroatoms. The molecule has 4 aromatic carbocycles. The van der Waals surface area contributed by atoms with Crippen molar-refractivity contribution in [1.82, 2.24) is 0 Å². The molecule has 0 saturated heterocycles. The van der Waals surface area contributed by atoms with Crippen molar-refractivity contribution < 1.29 is 22.7 Å². The summed E-state index contributed by atoms with van der Waals surface area (Å²) in [5.74, 6) is -3.38. The van der Waals surface area contributed by atoms with Crippen LogP contribution in [0.25, 0.3) is 11.1 Å². The van der Waals surface area contributed by atoms with Gasteiger partial charge in [0.15, 0.2) is 0 Å². The van der Waals surface area contributed by atoms with Crippen LogP contribution < -0.4 is 4.74 Å². The lowest BCUT2D eigenvalue weighted by atomic mass is 9.93. The van der Waals surface area contributed by atoms with Crippen LogP contribution >= 0.6 is 0 Å². The number of hydrogen-bond acceptors (Lipinski definition) is 2. The predicted molar refractivity (Wildman–Crippen MR) is 145 cm³/mol. The van der Waals surface area contributed by atoms with Gasteiger partial charge in [-0.05, 0) is 66.5 Å². The first-order chi connectivity index (χ1) is 18.4. The van der Waals surface area contributed by atoms with E-state index < -0.39 is 23.4 Å². The molecule has 2 nitrogen and oxygen atoms in total. The summed E-state index contributed by atoms with van der Waals surface area (Å²) in [5, 5.41) is 0. The summed E-state index contributed by atoms with van der Waals surface area (Å²) < 4.78 is 48.7. The van der Waals surface area contributed by atoms with E-state index in [4.69, 9.17) is 4.74 Å². The molecule has 0 aromatic heterocycles. The van der Waals surface area contributed by atoms with E-state index >= 15 is 0 Å². The maximum atomic E-state index is 14.9. The Bertz CT molecular complexity index is 1400. The van der Waals surface area contributed by atoms with Crippen molar-refractivity contribution >= 4 is 5.97 Å². The Labute approximate surface area is 221 Å². The topological polar surface area (TPSA) is 26.3 Å². The Balaban J connectivity index is 1.43. The van der Waals surface area contributed by atoms with Gasteiger partial charge in [0.2, 0.25) is 0 Å². The molecule has 0 N–H and O–H groups in total. The highest BCUT2D eigenvalue weighted by Gasteiger charge is 2.18. The van der Waals surface area contributed by atoms with Crippen molar-refractivity contribution in [2.75, 3.05) is 0 Å². The predicted octanol–water partition coefficient (Wildman–Crippen LogP) is 8.85. The van der Waals surface area contributed by atoms with E-state index in [1.54, 1.807) is 18.2 Å². The zero-order valence-corrected chi connectivity index (χ0v) is 21.4. The zero-order valence-electron chi connectivity index (χ0n) is 21.4. The number of ether oxygens (including phenoxy) is 1. The van der Waals surface area contributed by atoms with Crippen LogP contribution in [-0.2, 0) is 12.8 Å². The molecule has 38 heavy (non-hydrogen) atoms. The van der Waals surface area contributed by atoms with Crippen LogP contribution in [0.4, 0.5) is 13.2 Å². The van der Waals surface area contributed by atoms with Crippen molar-refractivity contribution in [1.29, 1.82) is 0 Å². The first-order valence-electron chi connectivity index (χ1n) is 12.6. The second-order valence-corrected chi connectivity index (χ2v) is 9.27. The first-order valence-corrected chi connectivity index (χ1v) is 12.6. The molecule has 0 fully saturated rings. The van der Waals surface area contributed by atoms with Gasteiger partial charge in [-0.15, -0.1) is 0 Å². The first kappa shape index (κ1) is 26.9. The van der Waals surface area contributed by atoms with E-state index in [0.29, 0.717) is 17.9 Å². The monoisotopic (exact) mass is 514 g/mol. The number of hydrogen-bond donors (Lipinski definition) is 0. The van der Waals surface area contributed by atoms with E-state index in [1.807, 2.05) is 49.4 Å². The number of carbonyl (C=O) groups excluding carboxylic acids is 1. The van der Waals surface area contributed by atoms with Crippen LogP contribution in [0.1, 0.15) is 53.2 Å². The smallest absolute Gasteiger partial charge is 0.346 e. The minimum atomic E-state index is -1.03. The van der Waals surface area contributed by atoms with Crippen molar-refractivity contribution in [3.8, 4) is 16.9 Å². The lowest BCUT2D eigenvalue weighted by Crippen LogP contribution is -2.11. The summed E-state index contributed by atoms with van der Waals surface area (Å²) in [5.41, 5.74) is 3.44. The van der Waals surface area contributed by atoms with E-state index in [1.165, 1.54) is 17.7 Å². The standard InChI is InChI=1S/C33H29F3O2/c1-3-4-6-11-28-31(35)20-27(21-32(28)36)38-33(37)29-17-16-26(19-30(29)34)25-14-12-23(13-15-25)18-22(2)24-9-7-5-8-10-24/h3-5,7-10,12-17,19-22H,6,11,18H2,1-2H3/b4-3+/t22-/m0/s1. The molecule has 0 radical (unpaired) electrons. The van der Waals surface area contributed by atoms with Crippen LogP contribution in [0.3, 0.4) is 0 Å². The second-order valence-electron chi connectivity index (χ2n) is 9.27. The Morgan fingerprint density at radius 2 is 1.50 bits per heavy atom. The van der Waals surface area contributed by atoms with Gasteiger partial charge in [-0.2, -0.15) is 0 Å². The average Bonchev–Trinajstić information content (AvgIpc) is 2.91. The minimum absolute atomic E-state index is 0.0843. The van der Waals surface area contributed by atoms with Gasteiger partial charge in [-0.3, -0.25) is 0 Å². The van der Waals surface area contributed by atoms with Gasteiger partial charge in [0.25, 0.3) is 0 Å². The van der Waals surface area contributed by atoms with Crippen LogP contribution in [0.2, 0.25) is 0 Å². The van der Waals surface area contributed by atoms with Crippen molar-refractivity contribution in [3.63, 3.8) is 0 Å². The molecule has 0 bridgehead atoms. The maximum Gasteiger partial charge on any atom is 0.346 e. The summed E-state index contributed by atoms with van der Waals surface area (Å²) >= 11 is 0. The van der Waals surface area contributed by atoms with Crippen LogP contribution in [0, 0.1) is 17.5 Å². The van der Waals surface area contributed by atoms with E-state index in [2.05, 4.69) is 19.1 Å². The number of benzene rings is 4. The zero-order chi connectivity index (χ0) is 27.1. The minimum Gasteiger partial charge on any atom is -0.423 e. The molecule has 0 aliphatic heterocycles. The highest BCUT2D eigenvalue weighted by Crippen LogP contribution is 2.27. The third kappa shape index (κ3) is 6.60. The fourth-order valence-corrected chi connectivity index (χ4v) is 4.38. The Morgan fingerprint density at radius 3 is 2.13 bits per heavy atom. The summed E-state index contributed by atoms with van der Waals surface area (Å²) in [6.07, 6.45) is 5.14. The highest BCUT2D eigenvalue weighted by atomic mass is 19.1. The summed E-state index contributed by atoms with van der Waals surface area (Å²) in [6.45, 7) is 4.00. The fourth-order valence-electron chi connectivity index (χ4n) is 4.38. The third-order valence-corrected chi connectivity index (χ3v) is 6.51. The molecule has 1 atom stereocenters. The fraction of sp³-hybridized carbons (Fsp3) is 0.182. The molecule has 4 rings (SSSR count). The molecular formula is C33H29F3O2. The second kappa shape index (κ2) is 12.4. The summed E-state index contributed by atoms with van der Waals surface area (Å²) in [7, 11) is 0. The van der Waals surface area contributed by atoms with Crippen LogP contribution in [0.5, 0.6) is 5.75 Å². The Kier molecular flexibility index (Phi) is 8.80. The van der Waals surface area contributed by atoms with E-state index in [-0.39, 0.29) is 23.3 Å². The summed E-state index contributed by atoms with van der Waals surface area (Å²) in [4.78, 5) is 12.5. The summed E-state index contributed by atoms with van der Waals surface area (Å²) in [6, 6.07) is 24.2. The Hall–Kier alpha value is -4.12. The number of halogens is 3. The quantitative estimate of drug-likeness (QED) is 0.127.